The molecule has 0 unspecified atom stereocenters. The van der Waals surface area contributed by atoms with Crippen LogP contribution in [0.4, 0.5) is 0 Å². The van der Waals surface area contributed by atoms with E-state index in [1.54, 1.807) is 18.2 Å². The molecule has 1 N–H and O–H groups in total. The lowest BCUT2D eigenvalue weighted by Gasteiger charge is -2.25. The summed E-state index contributed by atoms with van der Waals surface area (Å²) in [5.74, 6) is 0.0839. The van der Waals surface area contributed by atoms with E-state index >= 15 is 0 Å². The molecular weight excluding hydrogens is 272 g/mol. The van der Waals surface area contributed by atoms with Crippen molar-refractivity contribution < 1.29 is 14.6 Å². The topological polar surface area (TPSA) is 46.5 Å². The van der Waals surface area contributed by atoms with Crippen molar-refractivity contribution in [2.75, 3.05) is 6.61 Å². The minimum absolute atomic E-state index is 0.216. The van der Waals surface area contributed by atoms with Crippen LogP contribution in [-0.2, 0) is 0 Å². The fourth-order valence-electron chi connectivity index (χ4n) is 1.68. The molecule has 3 nitrogen and oxygen atoms in total. The molecule has 0 radical (unpaired) electrons. The SMILES string of the molecule is O=C(O)c1cccc(Br)c1OCC1CCC1. The number of ether oxygens (including phenoxy) is 1. The number of carboxylic acids is 1. The first-order chi connectivity index (χ1) is 7.68. The van der Waals surface area contributed by atoms with E-state index in [9.17, 15) is 4.79 Å². The highest BCUT2D eigenvalue weighted by atomic mass is 79.9. The van der Waals surface area contributed by atoms with E-state index in [2.05, 4.69) is 15.9 Å². The van der Waals surface area contributed by atoms with Crippen molar-refractivity contribution in [2.45, 2.75) is 19.3 Å². The van der Waals surface area contributed by atoms with Crippen molar-refractivity contribution in [1.82, 2.24) is 0 Å². The number of para-hydroxylation sites is 1. The molecule has 0 atom stereocenters. The van der Waals surface area contributed by atoms with Gasteiger partial charge < -0.3 is 9.84 Å². The molecule has 1 fully saturated rings. The Hall–Kier alpha value is -1.03. The second-order valence-corrected chi connectivity index (χ2v) is 4.88. The molecule has 1 aliphatic carbocycles. The van der Waals surface area contributed by atoms with E-state index in [1.807, 2.05) is 0 Å². The highest BCUT2D eigenvalue weighted by Crippen LogP contribution is 2.32. The minimum atomic E-state index is -0.954. The highest BCUT2D eigenvalue weighted by Gasteiger charge is 2.20. The highest BCUT2D eigenvalue weighted by molar-refractivity contribution is 9.10. The summed E-state index contributed by atoms with van der Waals surface area (Å²) in [6.07, 6.45) is 3.63. The quantitative estimate of drug-likeness (QED) is 0.923. The number of rotatable bonds is 4. The molecule has 2 rings (SSSR count). The van der Waals surface area contributed by atoms with Crippen LogP contribution >= 0.6 is 15.9 Å². The number of benzene rings is 1. The molecule has 0 spiro atoms. The van der Waals surface area contributed by atoms with Gasteiger partial charge in [-0.15, -0.1) is 0 Å². The van der Waals surface area contributed by atoms with Gasteiger partial charge >= 0.3 is 5.97 Å². The Bertz CT molecular complexity index is 399. The van der Waals surface area contributed by atoms with E-state index in [-0.39, 0.29) is 5.56 Å². The normalized spacial score (nSPS) is 15.6. The Balaban J connectivity index is 2.13. The average Bonchev–Trinajstić information content (AvgIpc) is 2.17. The van der Waals surface area contributed by atoms with Crippen molar-refractivity contribution in [3.8, 4) is 5.75 Å². The Kier molecular flexibility index (Phi) is 3.49. The predicted molar refractivity (Wildman–Crippen MR) is 63.9 cm³/mol. The number of carboxylic acid groups (broad SMARTS) is 1. The van der Waals surface area contributed by atoms with E-state index < -0.39 is 5.97 Å². The molecule has 1 aromatic carbocycles. The molecule has 0 saturated heterocycles. The van der Waals surface area contributed by atoms with Gasteiger partial charge in [0.2, 0.25) is 0 Å². The Morgan fingerprint density at radius 2 is 2.25 bits per heavy atom. The van der Waals surface area contributed by atoms with Gasteiger partial charge in [0.1, 0.15) is 11.3 Å². The monoisotopic (exact) mass is 284 g/mol. The molecule has 4 heteroatoms. The zero-order valence-corrected chi connectivity index (χ0v) is 10.4. The number of aromatic carboxylic acids is 1. The van der Waals surface area contributed by atoms with Crippen LogP contribution in [0.25, 0.3) is 0 Å². The van der Waals surface area contributed by atoms with Crippen LogP contribution in [0.5, 0.6) is 5.75 Å². The molecule has 1 aliphatic rings. The third kappa shape index (κ3) is 2.38. The summed E-state index contributed by atoms with van der Waals surface area (Å²) in [7, 11) is 0. The fourth-order valence-corrected chi connectivity index (χ4v) is 2.17. The number of hydrogen-bond acceptors (Lipinski definition) is 2. The summed E-state index contributed by atoms with van der Waals surface area (Å²) in [6, 6.07) is 5.05. The van der Waals surface area contributed by atoms with Gasteiger partial charge in [0, 0.05) is 0 Å². The van der Waals surface area contributed by atoms with Crippen LogP contribution in [0.15, 0.2) is 22.7 Å². The third-order valence-corrected chi connectivity index (χ3v) is 3.51. The van der Waals surface area contributed by atoms with Crippen molar-refractivity contribution in [3.63, 3.8) is 0 Å². The van der Waals surface area contributed by atoms with Crippen molar-refractivity contribution in [1.29, 1.82) is 0 Å². The largest absolute Gasteiger partial charge is 0.491 e. The van der Waals surface area contributed by atoms with Crippen molar-refractivity contribution >= 4 is 21.9 Å². The van der Waals surface area contributed by atoms with Crippen LogP contribution in [-0.4, -0.2) is 17.7 Å². The maximum atomic E-state index is 11.0. The van der Waals surface area contributed by atoms with Gasteiger partial charge in [-0.2, -0.15) is 0 Å². The average molecular weight is 285 g/mol. The van der Waals surface area contributed by atoms with Crippen LogP contribution in [0.1, 0.15) is 29.6 Å². The third-order valence-electron chi connectivity index (χ3n) is 2.89. The molecule has 16 heavy (non-hydrogen) atoms. The first-order valence-electron chi connectivity index (χ1n) is 5.33. The van der Waals surface area contributed by atoms with Gasteiger partial charge in [0.15, 0.2) is 0 Å². The smallest absolute Gasteiger partial charge is 0.339 e. The standard InChI is InChI=1S/C12H13BrO3/c13-10-6-2-5-9(12(14)15)11(10)16-7-8-3-1-4-8/h2,5-6,8H,1,3-4,7H2,(H,14,15). The number of carbonyl (C=O) groups is 1. The molecule has 0 bridgehead atoms. The zero-order valence-electron chi connectivity index (χ0n) is 8.78. The van der Waals surface area contributed by atoms with Gasteiger partial charge in [0.25, 0.3) is 0 Å². The number of halogens is 1. The summed E-state index contributed by atoms with van der Waals surface area (Å²) in [6.45, 7) is 0.614. The fraction of sp³-hybridized carbons (Fsp3) is 0.417. The summed E-state index contributed by atoms with van der Waals surface area (Å²) >= 11 is 3.32. The van der Waals surface area contributed by atoms with E-state index in [4.69, 9.17) is 9.84 Å². The van der Waals surface area contributed by atoms with E-state index in [0.717, 1.165) is 0 Å². The summed E-state index contributed by atoms with van der Waals surface area (Å²) < 4.78 is 6.31. The summed E-state index contributed by atoms with van der Waals surface area (Å²) in [5, 5.41) is 9.03. The molecule has 0 aliphatic heterocycles. The predicted octanol–water partition coefficient (Wildman–Crippen LogP) is 3.33. The van der Waals surface area contributed by atoms with E-state index in [1.165, 1.54) is 19.3 Å². The Labute approximate surface area is 103 Å². The van der Waals surface area contributed by atoms with Crippen molar-refractivity contribution in [3.05, 3.63) is 28.2 Å². The van der Waals surface area contributed by atoms with Gasteiger partial charge in [-0.05, 0) is 46.8 Å². The maximum Gasteiger partial charge on any atom is 0.339 e. The molecule has 0 aromatic heterocycles. The molecular formula is C12H13BrO3. The van der Waals surface area contributed by atoms with E-state index in [0.29, 0.717) is 22.7 Å². The lowest BCUT2D eigenvalue weighted by atomic mass is 9.86. The first kappa shape index (κ1) is 11.5. The van der Waals surface area contributed by atoms with Gasteiger partial charge in [-0.1, -0.05) is 12.5 Å². The van der Waals surface area contributed by atoms with Crippen LogP contribution in [0.3, 0.4) is 0 Å². The zero-order chi connectivity index (χ0) is 11.5. The molecule has 1 aromatic rings. The Morgan fingerprint density at radius 1 is 1.50 bits per heavy atom. The van der Waals surface area contributed by atoms with Gasteiger partial charge in [-0.25, -0.2) is 4.79 Å². The van der Waals surface area contributed by atoms with Gasteiger partial charge in [0.05, 0.1) is 11.1 Å². The first-order valence-corrected chi connectivity index (χ1v) is 6.12. The minimum Gasteiger partial charge on any atom is -0.491 e. The molecule has 0 amide bonds. The summed E-state index contributed by atoms with van der Waals surface area (Å²) in [5.41, 5.74) is 0.216. The molecule has 1 saturated carbocycles. The van der Waals surface area contributed by atoms with Crippen LogP contribution in [0, 0.1) is 5.92 Å². The lowest BCUT2D eigenvalue weighted by molar-refractivity contribution is 0.0689. The number of hydrogen-bond donors (Lipinski definition) is 1. The van der Waals surface area contributed by atoms with Crippen LogP contribution < -0.4 is 4.74 Å². The molecule has 0 heterocycles. The van der Waals surface area contributed by atoms with Crippen LogP contribution in [0.2, 0.25) is 0 Å². The van der Waals surface area contributed by atoms with Gasteiger partial charge in [-0.3, -0.25) is 0 Å². The Morgan fingerprint density at radius 3 is 2.81 bits per heavy atom. The maximum absolute atomic E-state index is 11.0. The second kappa shape index (κ2) is 4.87. The lowest BCUT2D eigenvalue weighted by Crippen LogP contribution is -2.20. The molecule has 86 valence electrons. The second-order valence-electron chi connectivity index (χ2n) is 4.03. The summed E-state index contributed by atoms with van der Waals surface area (Å²) in [4.78, 5) is 11.0. The van der Waals surface area contributed by atoms with Crippen molar-refractivity contribution in [2.24, 2.45) is 5.92 Å².